The quantitative estimate of drug-likeness (QED) is 0.815. The molecule has 1 aliphatic heterocycles. The average Bonchev–Trinajstić information content (AvgIpc) is 2.43. The topological polar surface area (TPSA) is 75.4 Å². The second-order valence-electron chi connectivity index (χ2n) is 4.95. The lowest BCUT2D eigenvalue weighted by Gasteiger charge is -2.31. The van der Waals surface area contributed by atoms with Gasteiger partial charge in [-0.3, -0.25) is 4.72 Å². The molecule has 0 aliphatic carbocycles. The zero-order valence-corrected chi connectivity index (χ0v) is 14.3. The number of benzene rings is 1. The van der Waals surface area contributed by atoms with Gasteiger partial charge in [-0.1, -0.05) is 11.6 Å². The number of halogens is 3. The van der Waals surface area contributed by atoms with Gasteiger partial charge in [0.2, 0.25) is 0 Å². The van der Waals surface area contributed by atoms with Crippen molar-refractivity contribution in [1.82, 2.24) is 4.31 Å². The first kappa shape index (κ1) is 17.0. The van der Waals surface area contributed by atoms with E-state index in [1.807, 2.05) is 0 Å². The Balaban J connectivity index is 2.22. The first-order valence-corrected chi connectivity index (χ1v) is 9.07. The molecule has 3 N–H and O–H groups in total. The van der Waals surface area contributed by atoms with Crippen LogP contribution < -0.4 is 10.5 Å². The number of hydrogen-bond acceptors (Lipinski definition) is 3. The molecule has 5 nitrogen and oxygen atoms in total. The normalized spacial score (nSPS) is 20.5. The Morgan fingerprint density at radius 3 is 2.86 bits per heavy atom. The number of nitrogens with two attached hydrogens (primary N) is 1. The lowest BCUT2D eigenvalue weighted by Crippen LogP contribution is -2.44. The van der Waals surface area contributed by atoms with Crippen LogP contribution in [0.1, 0.15) is 12.8 Å². The molecule has 1 heterocycles. The molecule has 1 saturated heterocycles. The number of piperidine rings is 1. The first-order chi connectivity index (χ1) is 9.83. The van der Waals surface area contributed by atoms with Gasteiger partial charge < -0.3 is 5.73 Å². The summed E-state index contributed by atoms with van der Waals surface area (Å²) in [6, 6.07) is 2.21. The van der Waals surface area contributed by atoms with Crippen molar-refractivity contribution in [1.29, 1.82) is 0 Å². The van der Waals surface area contributed by atoms with Crippen LogP contribution in [0.4, 0.5) is 10.1 Å². The maximum Gasteiger partial charge on any atom is 0.301 e. The number of nitrogens with one attached hydrogen (secondary N) is 1. The van der Waals surface area contributed by atoms with Gasteiger partial charge in [-0.2, -0.15) is 12.7 Å². The third kappa shape index (κ3) is 4.07. The molecule has 118 valence electrons. The standard InChI is InChI=1S/C12H16BrClFN3O2S/c13-10-4-9(15)5-11(14)12(10)17-21(19,20)18-3-1-2-8(6-16)7-18/h4-5,8,17H,1-3,6-7,16H2. The van der Waals surface area contributed by atoms with E-state index in [0.717, 1.165) is 25.0 Å². The monoisotopic (exact) mass is 399 g/mol. The van der Waals surface area contributed by atoms with Crippen molar-refractivity contribution in [2.75, 3.05) is 24.4 Å². The van der Waals surface area contributed by atoms with Gasteiger partial charge in [-0.15, -0.1) is 0 Å². The molecule has 0 radical (unpaired) electrons. The summed E-state index contributed by atoms with van der Waals surface area (Å²) in [5, 5.41) is -0.00201. The minimum absolute atomic E-state index is 0.00201. The van der Waals surface area contributed by atoms with E-state index >= 15 is 0 Å². The molecule has 1 unspecified atom stereocenters. The summed E-state index contributed by atoms with van der Waals surface area (Å²) in [6.45, 7) is 1.26. The van der Waals surface area contributed by atoms with Crippen LogP contribution in [0, 0.1) is 11.7 Å². The highest BCUT2D eigenvalue weighted by Crippen LogP contribution is 2.33. The molecule has 1 aromatic carbocycles. The SMILES string of the molecule is NCC1CCCN(S(=O)(=O)Nc2c(Cl)cc(F)cc2Br)C1. The lowest BCUT2D eigenvalue weighted by atomic mass is 10.0. The van der Waals surface area contributed by atoms with Crippen LogP contribution in [0.2, 0.25) is 5.02 Å². The molecule has 1 fully saturated rings. The van der Waals surface area contributed by atoms with E-state index < -0.39 is 16.0 Å². The summed E-state index contributed by atoms with van der Waals surface area (Å²) in [7, 11) is -3.75. The molecule has 0 spiro atoms. The molecule has 2 rings (SSSR count). The number of rotatable bonds is 4. The smallest absolute Gasteiger partial charge is 0.301 e. The predicted molar refractivity (Wildman–Crippen MR) is 85.0 cm³/mol. The van der Waals surface area contributed by atoms with Crippen molar-refractivity contribution in [3.05, 3.63) is 27.4 Å². The third-order valence-electron chi connectivity index (χ3n) is 3.39. The van der Waals surface area contributed by atoms with Crippen LogP contribution in [0.25, 0.3) is 0 Å². The van der Waals surface area contributed by atoms with Crippen molar-refractivity contribution in [3.8, 4) is 0 Å². The fourth-order valence-electron chi connectivity index (χ4n) is 2.27. The fourth-order valence-corrected chi connectivity index (χ4v) is 4.74. The summed E-state index contributed by atoms with van der Waals surface area (Å²) in [6.07, 6.45) is 1.69. The van der Waals surface area contributed by atoms with Crippen molar-refractivity contribution < 1.29 is 12.8 Å². The van der Waals surface area contributed by atoms with E-state index in [0.29, 0.717) is 19.6 Å². The van der Waals surface area contributed by atoms with Crippen molar-refractivity contribution in [2.24, 2.45) is 11.7 Å². The van der Waals surface area contributed by atoms with Gasteiger partial charge in [0.25, 0.3) is 0 Å². The van der Waals surface area contributed by atoms with Crippen molar-refractivity contribution in [2.45, 2.75) is 12.8 Å². The summed E-state index contributed by atoms with van der Waals surface area (Å²) in [4.78, 5) is 0. The fraction of sp³-hybridized carbons (Fsp3) is 0.500. The van der Waals surface area contributed by atoms with Crippen LogP contribution in [-0.2, 0) is 10.2 Å². The second kappa shape index (κ2) is 6.78. The lowest BCUT2D eigenvalue weighted by molar-refractivity contribution is 0.273. The number of nitrogens with zero attached hydrogens (tertiary/aromatic N) is 1. The zero-order chi connectivity index (χ0) is 15.6. The van der Waals surface area contributed by atoms with E-state index in [1.54, 1.807) is 0 Å². The molecular weight excluding hydrogens is 385 g/mol. The van der Waals surface area contributed by atoms with Crippen molar-refractivity contribution >= 4 is 43.4 Å². The Morgan fingerprint density at radius 1 is 1.52 bits per heavy atom. The molecule has 1 aromatic rings. The largest absolute Gasteiger partial charge is 0.330 e. The number of anilines is 1. The summed E-state index contributed by atoms with van der Waals surface area (Å²) < 4.78 is 42.0. The Kier molecular flexibility index (Phi) is 5.48. The molecule has 0 aromatic heterocycles. The van der Waals surface area contributed by atoms with Crippen LogP contribution in [-0.4, -0.2) is 32.4 Å². The highest BCUT2D eigenvalue weighted by Gasteiger charge is 2.29. The second-order valence-corrected chi connectivity index (χ2v) is 7.89. The third-order valence-corrected chi connectivity index (χ3v) is 5.79. The van der Waals surface area contributed by atoms with Gasteiger partial charge in [0.15, 0.2) is 0 Å². The van der Waals surface area contributed by atoms with Gasteiger partial charge in [0.05, 0.1) is 10.7 Å². The Hall–Kier alpha value is -0.410. The Labute approximate surface area is 136 Å². The maximum atomic E-state index is 13.2. The molecule has 9 heteroatoms. The molecule has 0 bridgehead atoms. The summed E-state index contributed by atoms with van der Waals surface area (Å²) in [5.41, 5.74) is 5.75. The highest BCUT2D eigenvalue weighted by molar-refractivity contribution is 9.10. The molecule has 0 saturated carbocycles. The first-order valence-electron chi connectivity index (χ1n) is 6.46. The Morgan fingerprint density at radius 2 is 2.24 bits per heavy atom. The van der Waals surface area contributed by atoms with Gasteiger partial charge in [-0.05, 0) is 53.4 Å². The van der Waals surface area contributed by atoms with Crippen LogP contribution in [0.15, 0.2) is 16.6 Å². The van der Waals surface area contributed by atoms with Gasteiger partial charge in [0, 0.05) is 17.6 Å². The molecule has 1 aliphatic rings. The van der Waals surface area contributed by atoms with E-state index in [-0.39, 0.29) is 21.1 Å². The number of hydrogen-bond donors (Lipinski definition) is 2. The van der Waals surface area contributed by atoms with E-state index in [2.05, 4.69) is 20.7 Å². The van der Waals surface area contributed by atoms with E-state index in [1.165, 1.54) is 4.31 Å². The molecule has 1 atom stereocenters. The summed E-state index contributed by atoms with van der Waals surface area (Å²) >= 11 is 9.01. The van der Waals surface area contributed by atoms with Gasteiger partial charge >= 0.3 is 10.2 Å². The molecule has 21 heavy (non-hydrogen) atoms. The molecule has 0 amide bonds. The van der Waals surface area contributed by atoms with Crippen molar-refractivity contribution in [3.63, 3.8) is 0 Å². The molecular formula is C12H16BrClFN3O2S. The van der Waals surface area contributed by atoms with Gasteiger partial charge in [0.1, 0.15) is 5.82 Å². The summed E-state index contributed by atoms with van der Waals surface area (Å²) in [5.74, 6) is -0.390. The van der Waals surface area contributed by atoms with Gasteiger partial charge in [-0.25, -0.2) is 4.39 Å². The van der Waals surface area contributed by atoms with Crippen LogP contribution in [0.3, 0.4) is 0 Å². The Bertz CT molecular complexity index is 606. The minimum Gasteiger partial charge on any atom is -0.330 e. The highest BCUT2D eigenvalue weighted by atomic mass is 79.9. The minimum atomic E-state index is -3.75. The zero-order valence-electron chi connectivity index (χ0n) is 11.2. The maximum absolute atomic E-state index is 13.2. The van der Waals surface area contributed by atoms with E-state index in [9.17, 15) is 12.8 Å². The van der Waals surface area contributed by atoms with E-state index in [4.69, 9.17) is 17.3 Å². The van der Waals surface area contributed by atoms with Crippen LogP contribution >= 0.6 is 27.5 Å². The predicted octanol–water partition coefficient (Wildman–Crippen LogP) is 2.57. The average molecular weight is 401 g/mol. The van der Waals surface area contributed by atoms with Crippen LogP contribution in [0.5, 0.6) is 0 Å².